The summed E-state index contributed by atoms with van der Waals surface area (Å²) in [7, 11) is 3.26. The molecule has 0 N–H and O–H groups in total. The Hall–Kier alpha value is -3.35. The number of carbonyl (C=O) groups excluding carboxylic acids is 1. The smallest absolute Gasteiger partial charge is 0.274 e. The van der Waals surface area contributed by atoms with Gasteiger partial charge < -0.3 is 14.4 Å². The number of aryl methyl sites for hydroxylation is 1. The summed E-state index contributed by atoms with van der Waals surface area (Å²) in [5, 5.41) is 5.24. The maximum Gasteiger partial charge on any atom is 0.274 e. The molecule has 7 heteroatoms. The lowest BCUT2D eigenvalue weighted by atomic mass is 10.1. The van der Waals surface area contributed by atoms with Gasteiger partial charge in [-0.3, -0.25) is 9.59 Å². The molecule has 0 unspecified atom stereocenters. The number of aromatic nitrogens is 2. The number of carbonyl (C=O) groups is 1. The van der Waals surface area contributed by atoms with Crippen LogP contribution in [0.2, 0.25) is 0 Å². The Balaban J connectivity index is 1.64. The van der Waals surface area contributed by atoms with E-state index < -0.39 is 0 Å². The SMILES string of the molecule is CN(Cc1ccc2c(c1)OCCO2)C(=O)c1nn(C)c(=O)c2ccccc12. The van der Waals surface area contributed by atoms with Crippen molar-refractivity contribution >= 4 is 16.7 Å². The maximum atomic E-state index is 13.0. The third kappa shape index (κ3) is 3.12. The second kappa shape index (κ2) is 6.75. The van der Waals surface area contributed by atoms with Crippen LogP contribution in [0.3, 0.4) is 0 Å². The zero-order chi connectivity index (χ0) is 19.0. The van der Waals surface area contributed by atoms with E-state index in [0.29, 0.717) is 42.0 Å². The van der Waals surface area contributed by atoms with Crippen LogP contribution in [-0.4, -0.2) is 40.8 Å². The average Bonchev–Trinajstić information content (AvgIpc) is 2.70. The Morgan fingerprint density at radius 3 is 2.59 bits per heavy atom. The van der Waals surface area contributed by atoms with Gasteiger partial charge in [0.25, 0.3) is 11.5 Å². The summed E-state index contributed by atoms with van der Waals surface area (Å²) in [6, 6.07) is 12.7. The van der Waals surface area contributed by atoms with Gasteiger partial charge in [-0.2, -0.15) is 5.10 Å². The number of amides is 1. The standard InChI is InChI=1S/C20H19N3O4/c1-22(12-13-7-8-16-17(11-13)27-10-9-26-16)20(25)18-14-5-3-4-6-15(14)19(24)23(2)21-18/h3-8,11H,9-10,12H2,1-2H3. The van der Waals surface area contributed by atoms with E-state index in [1.165, 1.54) is 4.68 Å². The van der Waals surface area contributed by atoms with E-state index in [-0.39, 0.29) is 17.2 Å². The molecule has 27 heavy (non-hydrogen) atoms. The first kappa shape index (κ1) is 17.1. The second-order valence-corrected chi connectivity index (χ2v) is 6.46. The lowest BCUT2D eigenvalue weighted by Gasteiger charge is -2.21. The molecular formula is C20H19N3O4. The van der Waals surface area contributed by atoms with Gasteiger partial charge in [0.05, 0.1) is 5.39 Å². The van der Waals surface area contributed by atoms with E-state index in [1.807, 2.05) is 18.2 Å². The largest absolute Gasteiger partial charge is 0.486 e. The molecule has 0 aliphatic carbocycles. The van der Waals surface area contributed by atoms with Crippen LogP contribution in [0.15, 0.2) is 47.3 Å². The molecule has 0 saturated heterocycles. The fourth-order valence-electron chi connectivity index (χ4n) is 3.17. The highest BCUT2D eigenvalue weighted by Crippen LogP contribution is 2.31. The zero-order valence-electron chi connectivity index (χ0n) is 15.1. The predicted molar refractivity (Wildman–Crippen MR) is 100 cm³/mol. The van der Waals surface area contributed by atoms with Gasteiger partial charge in [0, 0.05) is 26.0 Å². The molecule has 0 bridgehead atoms. The summed E-state index contributed by atoms with van der Waals surface area (Å²) in [6.45, 7) is 1.43. The third-order valence-corrected chi connectivity index (χ3v) is 4.53. The fourth-order valence-corrected chi connectivity index (χ4v) is 3.17. The normalized spacial score (nSPS) is 12.8. The van der Waals surface area contributed by atoms with Crippen molar-refractivity contribution in [3.05, 3.63) is 64.1 Å². The average molecular weight is 365 g/mol. The van der Waals surface area contributed by atoms with E-state index in [9.17, 15) is 9.59 Å². The summed E-state index contributed by atoms with van der Waals surface area (Å²) >= 11 is 0. The van der Waals surface area contributed by atoms with Crippen molar-refractivity contribution in [2.45, 2.75) is 6.54 Å². The third-order valence-electron chi connectivity index (χ3n) is 4.53. The van der Waals surface area contributed by atoms with Crippen LogP contribution in [0, 0.1) is 0 Å². The molecule has 0 spiro atoms. The van der Waals surface area contributed by atoms with Gasteiger partial charge in [-0.1, -0.05) is 24.3 Å². The summed E-state index contributed by atoms with van der Waals surface area (Å²) in [4.78, 5) is 26.8. The van der Waals surface area contributed by atoms with Crippen LogP contribution < -0.4 is 15.0 Å². The monoisotopic (exact) mass is 365 g/mol. The van der Waals surface area contributed by atoms with Crippen molar-refractivity contribution in [3.63, 3.8) is 0 Å². The Labute approximate surface area is 155 Å². The summed E-state index contributed by atoms with van der Waals surface area (Å²) in [5.74, 6) is 1.15. The van der Waals surface area contributed by atoms with Crippen LogP contribution in [0.5, 0.6) is 11.5 Å². The van der Waals surface area contributed by atoms with Crippen molar-refractivity contribution in [3.8, 4) is 11.5 Å². The van der Waals surface area contributed by atoms with Crippen molar-refractivity contribution in [2.24, 2.45) is 7.05 Å². The predicted octanol–water partition coefficient (Wildman–Crippen LogP) is 1.98. The van der Waals surface area contributed by atoms with Crippen LogP contribution in [0.1, 0.15) is 16.1 Å². The van der Waals surface area contributed by atoms with Gasteiger partial charge in [-0.05, 0) is 23.8 Å². The molecule has 0 atom stereocenters. The van der Waals surface area contributed by atoms with E-state index in [1.54, 1.807) is 43.3 Å². The quantitative estimate of drug-likeness (QED) is 0.710. The molecule has 2 aromatic carbocycles. The Kier molecular flexibility index (Phi) is 4.27. The van der Waals surface area contributed by atoms with E-state index in [4.69, 9.17) is 9.47 Å². The number of rotatable bonds is 3. The van der Waals surface area contributed by atoms with E-state index in [0.717, 1.165) is 5.56 Å². The molecular weight excluding hydrogens is 346 g/mol. The molecule has 7 nitrogen and oxygen atoms in total. The lowest BCUT2D eigenvalue weighted by Crippen LogP contribution is -2.31. The highest BCUT2D eigenvalue weighted by molar-refractivity contribution is 6.04. The molecule has 0 saturated carbocycles. The molecule has 1 aromatic heterocycles. The second-order valence-electron chi connectivity index (χ2n) is 6.46. The number of nitrogens with zero attached hydrogens (tertiary/aromatic N) is 3. The van der Waals surface area contributed by atoms with Gasteiger partial charge >= 0.3 is 0 Å². The number of ether oxygens (including phenoxy) is 2. The van der Waals surface area contributed by atoms with Crippen molar-refractivity contribution in [1.82, 2.24) is 14.7 Å². The lowest BCUT2D eigenvalue weighted by molar-refractivity contribution is 0.0778. The van der Waals surface area contributed by atoms with Gasteiger partial charge in [0.2, 0.25) is 0 Å². The van der Waals surface area contributed by atoms with Gasteiger partial charge in [-0.15, -0.1) is 0 Å². The minimum Gasteiger partial charge on any atom is -0.486 e. The summed E-state index contributed by atoms with van der Waals surface area (Å²) in [6.07, 6.45) is 0. The highest BCUT2D eigenvalue weighted by Gasteiger charge is 2.20. The van der Waals surface area contributed by atoms with Gasteiger partial charge in [0.15, 0.2) is 17.2 Å². The Bertz CT molecular complexity index is 1090. The molecule has 1 aliphatic rings. The molecule has 0 fully saturated rings. The van der Waals surface area contributed by atoms with Crippen LogP contribution in [0.25, 0.3) is 10.8 Å². The molecule has 0 radical (unpaired) electrons. The highest BCUT2D eigenvalue weighted by atomic mass is 16.6. The number of fused-ring (bicyclic) bond motifs is 2. The van der Waals surface area contributed by atoms with Crippen LogP contribution in [-0.2, 0) is 13.6 Å². The van der Waals surface area contributed by atoms with E-state index >= 15 is 0 Å². The van der Waals surface area contributed by atoms with Gasteiger partial charge in [-0.25, -0.2) is 4.68 Å². The minimum absolute atomic E-state index is 0.225. The number of hydrogen-bond acceptors (Lipinski definition) is 5. The van der Waals surface area contributed by atoms with Gasteiger partial charge in [0.1, 0.15) is 13.2 Å². The maximum absolute atomic E-state index is 13.0. The molecule has 2 heterocycles. The Morgan fingerprint density at radius 1 is 1.11 bits per heavy atom. The van der Waals surface area contributed by atoms with Crippen molar-refractivity contribution in [2.75, 3.05) is 20.3 Å². The molecule has 1 amide bonds. The molecule has 3 aromatic rings. The number of benzene rings is 2. The molecule has 138 valence electrons. The van der Waals surface area contributed by atoms with Crippen molar-refractivity contribution in [1.29, 1.82) is 0 Å². The first-order valence-corrected chi connectivity index (χ1v) is 8.64. The minimum atomic E-state index is -0.253. The topological polar surface area (TPSA) is 73.7 Å². The number of hydrogen-bond donors (Lipinski definition) is 0. The Morgan fingerprint density at radius 2 is 1.81 bits per heavy atom. The fraction of sp³-hybridized carbons (Fsp3) is 0.250. The zero-order valence-corrected chi connectivity index (χ0v) is 15.1. The van der Waals surface area contributed by atoms with Crippen LogP contribution >= 0.6 is 0 Å². The molecule has 1 aliphatic heterocycles. The summed E-state index contributed by atoms with van der Waals surface area (Å²) < 4.78 is 12.3. The van der Waals surface area contributed by atoms with Crippen molar-refractivity contribution < 1.29 is 14.3 Å². The first-order valence-electron chi connectivity index (χ1n) is 8.64. The van der Waals surface area contributed by atoms with E-state index in [2.05, 4.69) is 5.10 Å². The molecule has 4 rings (SSSR count). The van der Waals surface area contributed by atoms with Crippen LogP contribution in [0.4, 0.5) is 0 Å². The first-order chi connectivity index (χ1) is 13.0. The summed E-state index contributed by atoms with van der Waals surface area (Å²) in [5.41, 5.74) is 0.952.